The SMILES string of the molecule is [CH2]C(NC(=O)CCN)C(=O)O. The summed E-state index contributed by atoms with van der Waals surface area (Å²) in [5.41, 5.74) is 5.05. The minimum Gasteiger partial charge on any atom is -0.480 e. The highest BCUT2D eigenvalue weighted by Gasteiger charge is 2.12. The summed E-state index contributed by atoms with van der Waals surface area (Å²) in [6.07, 6.45) is 0.124. The Bertz CT molecular complexity index is 158. The predicted octanol–water partition coefficient (Wildman–Crippen LogP) is -1.26. The van der Waals surface area contributed by atoms with E-state index in [2.05, 4.69) is 12.2 Å². The predicted molar refractivity (Wildman–Crippen MR) is 38.6 cm³/mol. The van der Waals surface area contributed by atoms with Gasteiger partial charge in [0, 0.05) is 13.0 Å². The molecule has 1 radical (unpaired) electrons. The van der Waals surface area contributed by atoms with E-state index < -0.39 is 17.9 Å². The third-order valence-electron chi connectivity index (χ3n) is 1.00. The summed E-state index contributed by atoms with van der Waals surface area (Å²) in [6, 6.07) is -1.09. The Morgan fingerprint density at radius 3 is 2.55 bits per heavy atom. The van der Waals surface area contributed by atoms with Crippen molar-refractivity contribution in [2.24, 2.45) is 5.73 Å². The number of carbonyl (C=O) groups excluding carboxylic acids is 1. The van der Waals surface area contributed by atoms with Gasteiger partial charge in [0.2, 0.25) is 5.91 Å². The maximum atomic E-state index is 10.7. The standard InChI is InChI=1S/C6H11N2O3/c1-4(6(10)11)8-5(9)2-3-7/h4H,1-3,7H2,(H,8,9)(H,10,11). The lowest BCUT2D eigenvalue weighted by atomic mass is 10.3. The largest absolute Gasteiger partial charge is 0.480 e. The van der Waals surface area contributed by atoms with Gasteiger partial charge in [0.1, 0.15) is 6.04 Å². The summed E-state index contributed by atoms with van der Waals surface area (Å²) < 4.78 is 0. The molecule has 0 fully saturated rings. The lowest BCUT2D eigenvalue weighted by molar-refractivity contribution is -0.140. The maximum absolute atomic E-state index is 10.7. The number of nitrogens with one attached hydrogen (secondary N) is 1. The van der Waals surface area contributed by atoms with Crippen LogP contribution in [-0.2, 0) is 9.59 Å². The molecule has 11 heavy (non-hydrogen) atoms. The summed E-state index contributed by atoms with van der Waals surface area (Å²) in [7, 11) is 0. The second-order valence-corrected chi connectivity index (χ2v) is 2.00. The van der Waals surface area contributed by atoms with Crippen LogP contribution in [0.3, 0.4) is 0 Å². The quantitative estimate of drug-likeness (QED) is 0.477. The van der Waals surface area contributed by atoms with Gasteiger partial charge in [-0.1, -0.05) is 0 Å². The minimum absolute atomic E-state index is 0.124. The molecular weight excluding hydrogens is 148 g/mol. The van der Waals surface area contributed by atoms with E-state index in [1.165, 1.54) is 0 Å². The topological polar surface area (TPSA) is 92.4 Å². The van der Waals surface area contributed by atoms with Crippen LogP contribution in [0.25, 0.3) is 0 Å². The molecule has 0 aliphatic rings. The van der Waals surface area contributed by atoms with Crippen LogP contribution in [0, 0.1) is 6.92 Å². The van der Waals surface area contributed by atoms with Crippen molar-refractivity contribution in [1.82, 2.24) is 5.32 Å². The van der Waals surface area contributed by atoms with Gasteiger partial charge >= 0.3 is 5.97 Å². The normalized spacial score (nSPS) is 12.2. The Balaban J connectivity index is 3.66. The Labute approximate surface area is 64.6 Å². The van der Waals surface area contributed by atoms with Crippen LogP contribution < -0.4 is 11.1 Å². The number of hydrogen-bond donors (Lipinski definition) is 3. The van der Waals surface area contributed by atoms with Gasteiger partial charge in [-0.25, -0.2) is 4.79 Å². The highest BCUT2D eigenvalue weighted by Crippen LogP contribution is 1.82. The van der Waals surface area contributed by atoms with E-state index in [1.54, 1.807) is 0 Å². The van der Waals surface area contributed by atoms with Crippen LogP contribution in [0.2, 0.25) is 0 Å². The Kier molecular flexibility index (Phi) is 4.21. The number of amides is 1. The minimum atomic E-state index is -1.16. The highest BCUT2D eigenvalue weighted by atomic mass is 16.4. The summed E-state index contributed by atoms with van der Waals surface area (Å²) in [6.45, 7) is 3.39. The van der Waals surface area contributed by atoms with E-state index in [0.29, 0.717) is 0 Å². The molecule has 0 bridgehead atoms. The second kappa shape index (κ2) is 4.68. The summed E-state index contributed by atoms with van der Waals surface area (Å²) in [5, 5.41) is 10.4. The molecule has 0 aromatic carbocycles. The molecule has 0 aliphatic carbocycles. The molecule has 1 unspecified atom stereocenters. The molecule has 0 saturated heterocycles. The molecule has 4 N–H and O–H groups in total. The molecule has 63 valence electrons. The van der Waals surface area contributed by atoms with Crippen molar-refractivity contribution in [3.05, 3.63) is 6.92 Å². The number of hydrogen-bond acceptors (Lipinski definition) is 3. The first-order valence-corrected chi connectivity index (χ1v) is 3.13. The van der Waals surface area contributed by atoms with Gasteiger partial charge in [-0.2, -0.15) is 0 Å². The van der Waals surface area contributed by atoms with Gasteiger partial charge in [0.25, 0.3) is 0 Å². The van der Waals surface area contributed by atoms with Crippen LogP contribution >= 0.6 is 0 Å². The first kappa shape index (κ1) is 9.90. The molecule has 0 aliphatic heterocycles. The number of carboxylic acids is 1. The monoisotopic (exact) mass is 159 g/mol. The van der Waals surface area contributed by atoms with E-state index in [-0.39, 0.29) is 13.0 Å². The first-order valence-electron chi connectivity index (χ1n) is 3.13. The smallest absolute Gasteiger partial charge is 0.326 e. The maximum Gasteiger partial charge on any atom is 0.326 e. The van der Waals surface area contributed by atoms with Crippen molar-refractivity contribution in [3.63, 3.8) is 0 Å². The van der Waals surface area contributed by atoms with Crippen LogP contribution in [-0.4, -0.2) is 29.6 Å². The molecule has 0 rings (SSSR count). The third kappa shape index (κ3) is 4.32. The van der Waals surface area contributed by atoms with Gasteiger partial charge < -0.3 is 16.2 Å². The molecule has 0 spiro atoms. The van der Waals surface area contributed by atoms with E-state index in [1.807, 2.05) is 0 Å². The average molecular weight is 159 g/mol. The lowest BCUT2D eigenvalue weighted by Crippen LogP contribution is -2.39. The summed E-state index contributed by atoms with van der Waals surface area (Å²) in [5.74, 6) is -1.55. The molecular formula is C6H11N2O3. The zero-order valence-electron chi connectivity index (χ0n) is 6.04. The van der Waals surface area contributed by atoms with E-state index >= 15 is 0 Å². The second-order valence-electron chi connectivity index (χ2n) is 2.00. The molecule has 0 heterocycles. The number of rotatable bonds is 4. The van der Waals surface area contributed by atoms with Crippen LogP contribution in [0.5, 0.6) is 0 Å². The van der Waals surface area contributed by atoms with Crippen molar-refractivity contribution in [1.29, 1.82) is 0 Å². The van der Waals surface area contributed by atoms with Crippen molar-refractivity contribution >= 4 is 11.9 Å². The van der Waals surface area contributed by atoms with Gasteiger partial charge in [0.05, 0.1) is 0 Å². The molecule has 0 aromatic rings. The van der Waals surface area contributed by atoms with E-state index in [9.17, 15) is 9.59 Å². The van der Waals surface area contributed by atoms with Crippen molar-refractivity contribution < 1.29 is 14.7 Å². The van der Waals surface area contributed by atoms with Gasteiger partial charge in [-0.15, -0.1) is 0 Å². The van der Waals surface area contributed by atoms with Crippen molar-refractivity contribution in [2.45, 2.75) is 12.5 Å². The molecule has 5 nitrogen and oxygen atoms in total. The van der Waals surface area contributed by atoms with Gasteiger partial charge in [-0.05, 0) is 6.92 Å². The molecule has 1 amide bonds. The van der Waals surface area contributed by atoms with Crippen molar-refractivity contribution in [2.75, 3.05) is 6.54 Å². The third-order valence-corrected chi connectivity index (χ3v) is 1.00. The van der Waals surface area contributed by atoms with Crippen molar-refractivity contribution in [3.8, 4) is 0 Å². The molecule has 0 aromatic heterocycles. The van der Waals surface area contributed by atoms with Crippen LogP contribution in [0.4, 0.5) is 0 Å². The highest BCUT2D eigenvalue weighted by molar-refractivity contribution is 5.83. The Morgan fingerprint density at radius 1 is 1.64 bits per heavy atom. The lowest BCUT2D eigenvalue weighted by Gasteiger charge is -2.07. The molecule has 1 atom stereocenters. The average Bonchev–Trinajstić information content (AvgIpc) is 1.87. The number of carbonyl (C=O) groups is 2. The number of aliphatic carboxylic acids is 1. The van der Waals surface area contributed by atoms with Crippen LogP contribution in [0.15, 0.2) is 0 Å². The Hall–Kier alpha value is -1.10. The fraction of sp³-hybridized carbons (Fsp3) is 0.500. The number of nitrogens with two attached hydrogens (primary N) is 1. The van der Waals surface area contributed by atoms with Crippen LogP contribution in [0.1, 0.15) is 6.42 Å². The fourth-order valence-electron chi connectivity index (χ4n) is 0.459. The van der Waals surface area contributed by atoms with E-state index in [0.717, 1.165) is 0 Å². The molecule has 5 heteroatoms. The molecule has 0 saturated carbocycles. The number of carboxylic acid groups (broad SMARTS) is 1. The zero-order chi connectivity index (χ0) is 8.85. The zero-order valence-corrected chi connectivity index (χ0v) is 6.04. The summed E-state index contributed by atoms with van der Waals surface area (Å²) >= 11 is 0. The Morgan fingerprint density at radius 2 is 2.18 bits per heavy atom. The fourth-order valence-corrected chi connectivity index (χ4v) is 0.459. The first-order chi connectivity index (χ1) is 5.07. The summed E-state index contributed by atoms with van der Waals surface area (Å²) in [4.78, 5) is 20.8. The van der Waals surface area contributed by atoms with Gasteiger partial charge in [0.15, 0.2) is 0 Å². The van der Waals surface area contributed by atoms with E-state index in [4.69, 9.17) is 10.8 Å². The van der Waals surface area contributed by atoms with Gasteiger partial charge in [-0.3, -0.25) is 4.79 Å².